The number of benzene rings is 1. The molecule has 0 amide bonds. The minimum Gasteiger partial charge on any atom is -0.369 e. The predicted molar refractivity (Wildman–Crippen MR) is 81.3 cm³/mol. The Hall–Kier alpha value is -1.02. The molecule has 0 saturated carbocycles. The molecule has 102 valence electrons. The first-order valence-corrected chi connectivity index (χ1v) is 6.87. The van der Waals surface area contributed by atoms with Gasteiger partial charge >= 0.3 is 0 Å². The summed E-state index contributed by atoms with van der Waals surface area (Å²) in [6.45, 7) is 11.0. The molecule has 2 heteroatoms. The van der Waals surface area contributed by atoms with E-state index in [1.807, 2.05) is 0 Å². The van der Waals surface area contributed by atoms with Crippen molar-refractivity contribution in [1.82, 2.24) is 0 Å². The average Bonchev–Trinajstić information content (AvgIpc) is 2.27. The van der Waals surface area contributed by atoms with Gasteiger partial charge in [-0.1, -0.05) is 24.6 Å². The Labute approximate surface area is 112 Å². The average molecular weight is 248 g/mol. The summed E-state index contributed by atoms with van der Waals surface area (Å²) in [5, 5.41) is 0. The van der Waals surface area contributed by atoms with Crippen LogP contribution in [0.15, 0.2) is 18.2 Å². The van der Waals surface area contributed by atoms with E-state index in [0.29, 0.717) is 0 Å². The summed E-state index contributed by atoms with van der Waals surface area (Å²) in [6.07, 6.45) is 2.05. The third-order valence-electron chi connectivity index (χ3n) is 3.91. The molecule has 0 radical (unpaired) electrons. The molecule has 0 saturated heterocycles. The minimum absolute atomic E-state index is 0.168. The SMILES string of the molecule is CCC(C)(C)N(C)c1ccc(C)cc1CC(C)N. The predicted octanol–water partition coefficient (Wildman–Crippen LogP) is 3.51. The molecule has 0 aliphatic carbocycles. The van der Waals surface area contributed by atoms with Gasteiger partial charge < -0.3 is 10.6 Å². The Kier molecular flexibility index (Phi) is 4.80. The molecular weight excluding hydrogens is 220 g/mol. The van der Waals surface area contributed by atoms with Crippen molar-refractivity contribution < 1.29 is 0 Å². The van der Waals surface area contributed by atoms with E-state index >= 15 is 0 Å². The van der Waals surface area contributed by atoms with Gasteiger partial charge in [-0.3, -0.25) is 0 Å². The number of nitrogens with zero attached hydrogens (tertiary/aromatic N) is 1. The summed E-state index contributed by atoms with van der Waals surface area (Å²) >= 11 is 0. The molecule has 1 aromatic rings. The number of rotatable bonds is 5. The fourth-order valence-corrected chi connectivity index (χ4v) is 2.12. The molecule has 1 unspecified atom stereocenters. The lowest BCUT2D eigenvalue weighted by Gasteiger charge is -2.38. The normalized spacial score (nSPS) is 13.5. The van der Waals surface area contributed by atoms with Crippen molar-refractivity contribution in [2.75, 3.05) is 11.9 Å². The highest BCUT2D eigenvalue weighted by atomic mass is 15.2. The molecule has 0 heterocycles. The van der Waals surface area contributed by atoms with Crippen LogP contribution in [0.2, 0.25) is 0 Å². The molecule has 18 heavy (non-hydrogen) atoms. The van der Waals surface area contributed by atoms with E-state index in [-0.39, 0.29) is 11.6 Å². The molecule has 0 aliphatic rings. The second kappa shape index (κ2) is 5.75. The third-order valence-corrected chi connectivity index (χ3v) is 3.91. The molecular formula is C16H28N2. The summed E-state index contributed by atoms with van der Waals surface area (Å²) in [5.41, 5.74) is 10.1. The number of anilines is 1. The molecule has 0 aromatic heterocycles. The quantitative estimate of drug-likeness (QED) is 0.864. The molecule has 2 nitrogen and oxygen atoms in total. The van der Waals surface area contributed by atoms with E-state index in [9.17, 15) is 0 Å². The highest BCUT2D eigenvalue weighted by molar-refractivity contribution is 5.56. The van der Waals surface area contributed by atoms with Gasteiger partial charge in [0.25, 0.3) is 0 Å². The maximum atomic E-state index is 5.97. The van der Waals surface area contributed by atoms with Crippen LogP contribution in [0.25, 0.3) is 0 Å². The van der Waals surface area contributed by atoms with Crippen LogP contribution in [0.5, 0.6) is 0 Å². The molecule has 0 fully saturated rings. The van der Waals surface area contributed by atoms with Crippen molar-refractivity contribution in [1.29, 1.82) is 0 Å². The summed E-state index contributed by atoms with van der Waals surface area (Å²) in [5.74, 6) is 0. The summed E-state index contributed by atoms with van der Waals surface area (Å²) < 4.78 is 0. The van der Waals surface area contributed by atoms with E-state index in [4.69, 9.17) is 5.73 Å². The van der Waals surface area contributed by atoms with Gasteiger partial charge in [0.05, 0.1) is 0 Å². The van der Waals surface area contributed by atoms with Crippen LogP contribution in [0.3, 0.4) is 0 Å². The number of aryl methyl sites for hydroxylation is 1. The first kappa shape index (κ1) is 15.0. The monoisotopic (exact) mass is 248 g/mol. The highest BCUT2D eigenvalue weighted by Gasteiger charge is 2.23. The zero-order valence-electron chi connectivity index (χ0n) is 12.7. The number of hydrogen-bond donors (Lipinski definition) is 1. The number of hydrogen-bond acceptors (Lipinski definition) is 2. The Morgan fingerprint density at radius 3 is 2.44 bits per heavy atom. The molecule has 1 atom stereocenters. The zero-order valence-corrected chi connectivity index (χ0v) is 12.7. The molecule has 0 bridgehead atoms. The van der Waals surface area contributed by atoms with E-state index in [1.54, 1.807) is 0 Å². The van der Waals surface area contributed by atoms with Gasteiger partial charge in [0.1, 0.15) is 0 Å². The fraction of sp³-hybridized carbons (Fsp3) is 0.625. The largest absolute Gasteiger partial charge is 0.369 e. The first-order valence-electron chi connectivity index (χ1n) is 6.87. The van der Waals surface area contributed by atoms with Crippen LogP contribution in [-0.4, -0.2) is 18.6 Å². The van der Waals surface area contributed by atoms with Crippen molar-refractivity contribution in [3.8, 4) is 0 Å². The summed E-state index contributed by atoms with van der Waals surface area (Å²) in [4.78, 5) is 2.38. The van der Waals surface area contributed by atoms with Gasteiger partial charge in [-0.25, -0.2) is 0 Å². The van der Waals surface area contributed by atoms with E-state index in [1.165, 1.54) is 16.8 Å². The van der Waals surface area contributed by atoms with E-state index < -0.39 is 0 Å². The number of nitrogens with two attached hydrogens (primary N) is 1. The van der Waals surface area contributed by atoms with Crippen LogP contribution < -0.4 is 10.6 Å². The van der Waals surface area contributed by atoms with Gasteiger partial charge in [-0.2, -0.15) is 0 Å². The Balaban J connectivity index is 3.15. The second-order valence-electron chi connectivity index (χ2n) is 6.04. The van der Waals surface area contributed by atoms with Crippen LogP contribution in [-0.2, 0) is 6.42 Å². The van der Waals surface area contributed by atoms with Gasteiger partial charge in [0.2, 0.25) is 0 Å². The van der Waals surface area contributed by atoms with Crippen LogP contribution in [0.1, 0.15) is 45.2 Å². The topological polar surface area (TPSA) is 29.3 Å². The van der Waals surface area contributed by atoms with Crippen molar-refractivity contribution in [3.63, 3.8) is 0 Å². The Morgan fingerprint density at radius 1 is 1.33 bits per heavy atom. The fourth-order valence-electron chi connectivity index (χ4n) is 2.12. The van der Waals surface area contributed by atoms with Gasteiger partial charge in [-0.15, -0.1) is 0 Å². The smallest absolute Gasteiger partial charge is 0.0401 e. The maximum Gasteiger partial charge on any atom is 0.0401 e. The maximum absolute atomic E-state index is 5.97. The van der Waals surface area contributed by atoms with Crippen LogP contribution in [0.4, 0.5) is 5.69 Å². The lowest BCUT2D eigenvalue weighted by molar-refractivity contribution is 0.469. The van der Waals surface area contributed by atoms with Crippen molar-refractivity contribution in [3.05, 3.63) is 29.3 Å². The standard InChI is InChI=1S/C16H28N2/c1-7-16(4,5)18(6)15-9-8-12(2)10-14(15)11-13(3)17/h8-10,13H,7,11,17H2,1-6H3. The summed E-state index contributed by atoms with van der Waals surface area (Å²) in [7, 11) is 2.18. The second-order valence-corrected chi connectivity index (χ2v) is 6.04. The third kappa shape index (κ3) is 3.49. The highest BCUT2D eigenvalue weighted by Crippen LogP contribution is 2.29. The molecule has 2 N–H and O–H groups in total. The molecule has 0 spiro atoms. The Bertz CT molecular complexity index is 394. The van der Waals surface area contributed by atoms with Crippen molar-refractivity contribution >= 4 is 5.69 Å². The molecule has 1 rings (SSSR count). The van der Waals surface area contributed by atoms with Gasteiger partial charge in [-0.05, 0) is 52.2 Å². The Morgan fingerprint density at radius 2 is 1.94 bits per heavy atom. The zero-order chi connectivity index (χ0) is 13.9. The van der Waals surface area contributed by atoms with Gasteiger partial charge in [0.15, 0.2) is 0 Å². The van der Waals surface area contributed by atoms with Gasteiger partial charge in [0, 0.05) is 24.3 Å². The molecule has 1 aromatic carbocycles. The van der Waals surface area contributed by atoms with E-state index in [0.717, 1.165) is 12.8 Å². The van der Waals surface area contributed by atoms with Crippen LogP contribution in [0, 0.1) is 6.92 Å². The van der Waals surface area contributed by atoms with Crippen LogP contribution >= 0.6 is 0 Å². The minimum atomic E-state index is 0.168. The lowest BCUT2D eigenvalue weighted by atomic mass is 9.95. The van der Waals surface area contributed by atoms with Crippen molar-refractivity contribution in [2.45, 2.75) is 59.0 Å². The first-order chi connectivity index (χ1) is 8.27. The van der Waals surface area contributed by atoms with Crippen molar-refractivity contribution in [2.24, 2.45) is 5.73 Å². The van der Waals surface area contributed by atoms with E-state index in [2.05, 4.69) is 64.8 Å². The summed E-state index contributed by atoms with van der Waals surface area (Å²) in [6, 6.07) is 6.87. The molecule has 0 aliphatic heterocycles. The lowest BCUT2D eigenvalue weighted by Crippen LogP contribution is -2.41.